The summed E-state index contributed by atoms with van der Waals surface area (Å²) in [5.74, 6) is -3.06. The van der Waals surface area contributed by atoms with Crippen molar-refractivity contribution in [2.75, 3.05) is 16.2 Å². The molecule has 0 saturated carbocycles. The molecule has 3 aromatic rings. The highest BCUT2D eigenvalue weighted by atomic mass is 32.2. The second kappa shape index (κ2) is 8.63. The van der Waals surface area contributed by atoms with Crippen LogP contribution in [0.3, 0.4) is 0 Å². The predicted octanol–water partition coefficient (Wildman–Crippen LogP) is 4.09. The number of fused-ring (bicyclic) bond motifs is 1. The number of rotatable bonds is 5. The van der Waals surface area contributed by atoms with Gasteiger partial charge in [0.25, 0.3) is 15.9 Å². The first kappa shape index (κ1) is 23.5. The predicted molar refractivity (Wildman–Crippen MR) is 114 cm³/mol. The van der Waals surface area contributed by atoms with Crippen LogP contribution in [0.4, 0.5) is 28.9 Å². The molecule has 1 aromatic heterocycles. The van der Waals surface area contributed by atoms with Crippen LogP contribution in [0.1, 0.15) is 29.5 Å². The zero-order valence-corrected chi connectivity index (χ0v) is 18.6. The monoisotopic (exact) mass is 498 g/mol. The number of amides is 1. The van der Waals surface area contributed by atoms with Gasteiger partial charge in [-0.15, -0.1) is 0 Å². The maximum absolute atomic E-state index is 14.0. The maximum Gasteiger partial charge on any atom is 0.333 e. The van der Waals surface area contributed by atoms with E-state index in [1.807, 2.05) is 0 Å². The van der Waals surface area contributed by atoms with Gasteiger partial charge in [-0.2, -0.15) is 13.9 Å². The molecule has 0 bridgehead atoms. The molecule has 2 aromatic carbocycles. The molecule has 1 N–H and O–H groups in total. The van der Waals surface area contributed by atoms with Crippen molar-refractivity contribution in [1.82, 2.24) is 9.78 Å². The molecule has 0 saturated heterocycles. The summed E-state index contributed by atoms with van der Waals surface area (Å²) >= 11 is 0. The number of carbonyl (C=O) groups excluding carboxylic acids is 1. The Labute approximate surface area is 191 Å². The van der Waals surface area contributed by atoms with Crippen LogP contribution in [-0.4, -0.2) is 36.8 Å². The van der Waals surface area contributed by atoms with Gasteiger partial charge < -0.3 is 10.1 Å². The first-order chi connectivity index (χ1) is 16.0. The summed E-state index contributed by atoms with van der Waals surface area (Å²) in [6.07, 6.45) is 0.155. The van der Waals surface area contributed by atoms with Gasteiger partial charge in [0.2, 0.25) is 0 Å². The normalized spacial score (nSPS) is 15.7. The highest BCUT2D eigenvalue weighted by Crippen LogP contribution is 2.39. The van der Waals surface area contributed by atoms with E-state index in [0.717, 1.165) is 28.7 Å². The Kier molecular flexibility index (Phi) is 5.98. The minimum absolute atomic E-state index is 0.00843. The Hall–Kier alpha value is -3.61. The lowest BCUT2D eigenvalue weighted by atomic mass is 10.1. The fourth-order valence-electron chi connectivity index (χ4n) is 3.55. The van der Waals surface area contributed by atoms with Crippen molar-refractivity contribution >= 4 is 27.3 Å². The van der Waals surface area contributed by atoms with Gasteiger partial charge in [0.15, 0.2) is 0 Å². The van der Waals surface area contributed by atoms with Crippen molar-refractivity contribution < 1.29 is 35.5 Å². The van der Waals surface area contributed by atoms with E-state index >= 15 is 0 Å². The number of aromatic nitrogens is 2. The molecule has 1 amide bonds. The van der Waals surface area contributed by atoms with E-state index in [4.69, 9.17) is 4.74 Å². The molecule has 13 heteroatoms. The number of sulfonamides is 1. The van der Waals surface area contributed by atoms with E-state index in [1.54, 1.807) is 6.92 Å². The summed E-state index contributed by atoms with van der Waals surface area (Å²) in [7, 11) is -4.36. The van der Waals surface area contributed by atoms with Gasteiger partial charge in [-0.3, -0.25) is 9.10 Å². The number of nitrogens with one attached hydrogen (secondary N) is 1. The number of ether oxygens (including phenoxy) is 1. The molecule has 1 aliphatic rings. The maximum atomic E-state index is 14.0. The summed E-state index contributed by atoms with van der Waals surface area (Å²) in [6, 6.07) is 6.98. The van der Waals surface area contributed by atoms with E-state index in [0.29, 0.717) is 0 Å². The second-order valence-electron chi connectivity index (χ2n) is 7.53. The van der Waals surface area contributed by atoms with Gasteiger partial charge in [-0.1, -0.05) is 6.07 Å². The summed E-state index contributed by atoms with van der Waals surface area (Å²) in [5.41, 5.74) is -0.885. The molecule has 34 heavy (non-hydrogen) atoms. The van der Waals surface area contributed by atoms with Gasteiger partial charge >= 0.3 is 6.55 Å². The smallest absolute Gasteiger partial charge is 0.333 e. The van der Waals surface area contributed by atoms with E-state index < -0.39 is 50.7 Å². The zero-order chi connectivity index (χ0) is 24.8. The van der Waals surface area contributed by atoms with Crippen LogP contribution in [0.5, 0.6) is 5.75 Å². The van der Waals surface area contributed by atoms with E-state index in [2.05, 4.69) is 10.4 Å². The van der Waals surface area contributed by atoms with Crippen LogP contribution in [0, 0.1) is 18.6 Å². The third kappa shape index (κ3) is 4.18. The topological polar surface area (TPSA) is 93.5 Å². The van der Waals surface area contributed by atoms with E-state index in [1.165, 1.54) is 25.1 Å². The number of nitrogens with zero attached hydrogens (tertiary/aromatic N) is 3. The zero-order valence-electron chi connectivity index (χ0n) is 17.8. The standard InChI is InChI=1S/C21H18F4N4O4S/c1-11-9-29(34(31,32)18-10-28(21(24)25)27-12(18)2)16-8-13(6-7-17(16)33-11)26-20(30)19-14(22)4-3-5-15(19)23/h3-8,10-11,21H,9H2,1-2H3,(H,26,30)/t11-/m0/s1. The van der Waals surface area contributed by atoms with Crippen LogP contribution in [0.25, 0.3) is 0 Å². The molecule has 0 unspecified atom stereocenters. The average Bonchev–Trinajstić information content (AvgIpc) is 3.16. The minimum atomic E-state index is -4.36. The van der Waals surface area contributed by atoms with Gasteiger partial charge in [0.05, 0.1) is 24.1 Å². The molecule has 1 aliphatic heterocycles. The highest BCUT2D eigenvalue weighted by Gasteiger charge is 2.36. The fraction of sp³-hybridized carbons (Fsp3) is 0.238. The third-order valence-corrected chi connectivity index (χ3v) is 6.95. The summed E-state index contributed by atoms with van der Waals surface area (Å²) in [4.78, 5) is 12.0. The molecule has 2 heterocycles. The Bertz CT molecular complexity index is 1360. The number of aryl methyl sites for hydroxylation is 1. The average molecular weight is 498 g/mol. The quantitative estimate of drug-likeness (QED) is 0.535. The molecular weight excluding hydrogens is 480 g/mol. The van der Waals surface area contributed by atoms with Gasteiger partial charge in [0, 0.05) is 5.69 Å². The fourth-order valence-corrected chi connectivity index (χ4v) is 5.25. The van der Waals surface area contributed by atoms with Crippen LogP contribution in [0.15, 0.2) is 47.5 Å². The first-order valence-electron chi connectivity index (χ1n) is 9.91. The first-order valence-corrected chi connectivity index (χ1v) is 11.4. The van der Waals surface area contributed by atoms with Crippen molar-refractivity contribution in [2.24, 2.45) is 0 Å². The van der Waals surface area contributed by atoms with Crippen molar-refractivity contribution in [3.8, 4) is 5.75 Å². The van der Waals surface area contributed by atoms with Crippen molar-refractivity contribution in [2.45, 2.75) is 31.4 Å². The minimum Gasteiger partial charge on any atom is -0.487 e. The Morgan fingerprint density at radius 1 is 1.21 bits per heavy atom. The Balaban J connectivity index is 1.73. The number of anilines is 2. The second-order valence-corrected chi connectivity index (χ2v) is 9.37. The number of benzene rings is 2. The molecule has 0 radical (unpaired) electrons. The van der Waals surface area contributed by atoms with Crippen LogP contribution >= 0.6 is 0 Å². The lowest BCUT2D eigenvalue weighted by Gasteiger charge is -2.34. The van der Waals surface area contributed by atoms with Gasteiger partial charge in [0.1, 0.15) is 33.9 Å². The number of carbonyl (C=O) groups is 1. The van der Waals surface area contributed by atoms with Crippen LogP contribution in [-0.2, 0) is 10.0 Å². The summed E-state index contributed by atoms with van der Waals surface area (Å²) in [5, 5.41) is 5.89. The Morgan fingerprint density at radius 2 is 1.88 bits per heavy atom. The lowest BCUT2D eigenvalue weighted by Crippen LogP contribution is -2.42. The molecule has 180 valence electrons. The van der Waals surface area contributed by atoms with E-state index in [-0.39, 0.29) is 34.0 Å². The Morgan fingerprint density at radius 3 is 2.50 bits per heavy atom. The van der Waals surface area contributed by atoms with Crippen molar-refractivity contribution in [3.63, 3.8) is 0 Å². The largest absolute Gasteiger partial charge is 0.487 e. The molecular formula is C21H18F4N4O4S. The molecule has 4 rings (SSSR count). The van der Waals surface area contributed by atoms with Crippen LogP contribution in [0.2, 0.25) is 0 Å². The number of hydrogen-bond acceptors (Lipinski definition) is 5. The van der Waals surface area contributed by atoms with Crippen LogP contribution < -0.4 is 14.4 Å². The van der Waals surface area contributed by atoms with Crippen molar-refractivity contribution in [1.29, 1.82) is 0 Å². The van der Waals surface area contributed by atoms with Gasteiger partial charge in [-0.05, 0) is 44.2 Å². The lowest BCUT2D eigenvalue weighted by molar-refractivity contribution is 0.0561. The molecule has 0 fully saturated rings. The van der Waals surface area contributed by atoms with E-state index in [9.17, 15) is 30.8 Å². The number of hydrogen-bond donors (Lipinski definition) is 1. The molecule has 0 aliphatic carbocycles. The molecule has 1 atom stereocenters. The van der Waals surface area contributed by atoms with Gasteiger partial charge in [-0.25, -0.2) is 21.9 Å². The molecule has 0 spiro atoms. The molecule has 8 nitrogen and oxygen atoms in total. The SMILES string of the molecule is Cc1nn(C(F)F)cc1S(=O)(=O)N1C[C@H](C)Oc2ccc(NC(=O)c3c(F)cccc3F)cc21. The highest BCUT2D eigenvalue weighted by molar-refractivity contribution is 7.92. The van der Waals surface area contributed by atoms with Crippen molar-refractivity contribution in [3.05, 3.63) is 65.5 Å². The number of alkyl halides is 2. The third-order valence-electron chi connectivity index (χ3n) is 5.07. The summed E-state index contributed by atoms with van der Waals surface area (Å²) < 4.78 is 87.6. The number of halogens is 4. The summed E-state index contributed by atoms with van der Waals surface area (Å²) in [6.45, 7) is -0.277.